The van der Waals surface area contributed by atoms with Crippen LogP contribution >= 0.6 is 0 Å². The summed E-state index contributed by atoms with van der Waals surface area (Å²) in [7, 11) is 3.87. The van der Waals surface area contributed by atoms with Crippen molar-refractivity contribution in [2.45, 2.75) is 31.3 Å². The predicted molar refractivity (Wildman–Crippen MR) is 144 cm³/mol. The Bertz CT molecular complexity index is 1460. The molecular weight excluding hydrogens is 582 g/mol. The number of carbonyl (C=O) groups excluding carboxylic acids is 1. The molecule has 0 saturated heterocycles. The molecule has 43 heavy (non-hydrogen) atoms. The molecule has 3 aromatic carbocycles. The lowest BCUT2D eigenvalue weighted by Crippen LogP contribution is -2.12. The van der Waals surface area contributed by atoms with E-state index in [2.05, 4.69) is 21.2 Å². The number of nitrogens with zero attached hydrogens (tertiary/aromatic N) is 2. The fraction of sp³-hybridized carbons (Fsp3) is 0.267. The smallest absolute Gasteiger partial charge is 0.416 e. The van der Waals surface area contributed by atoms with Crippen LogP contribution in [0, 0.1) is 0 Å². The van der Waals surface area contributed by atoms with Crippen molar-refractivity contribution in [1.29, 1.82) is 0 Å². The number of aryl methyl sites for hydroxylation is 2. The minimum atomic E-state index is -4.93. The van der Waals surface area contributed by atoms with Gasteiger partial charge in [0.2, 0.25) is 0 Å². The molecule has 0 bridgehead atoms. The zero-order chi connectivity index (χ0) is 31.6. The third kappa shape index (κ3) is 8.86. The lowest BCUT2D eigenvalue weighted by atomic mass is 9.92. The number of esters is 1. The number of hydrogen-bond acceptors (Lipinski definition) is 7. The second-order valence-electron chi connectivity index (χ2n) is 8.95. The number of halogens is 6. The molecule has 1 unspecified atom stereocenters. The van der Waals surface area contributed by atoms with Crippen LogP contribution < -0.4 is 0 Å². The molecule has 0 N–H and O–H groups in total. The largest absolute Gasteiger partial charge is 0.503 e. The van der Waals surface area contributed by atoms with Crippen LogP contribution in [0.2, 0.25) is 0 Å². The van der Waals surface area contributed by atoms with Gasteiger partial charge in [0.05, 0.1) is 31.6 Å². The number of rotatable bonds is 11. The normalized spacial score (nSPS) is 12.5. The van der Waals surface area contributed by atoms with Crippen LogP contribution in [-0.4, -0.2) is 33.3 Å². The van der Waals surface area contributed by atoms with Crippen molar-refractivity contribution < 1.29 is 50.3 Å². The van der Waals surface area contributed by atoms with E-state index in [1.165, 1.54) is 27.6 Å². The van der Waals surface area contributed by atoms with Gasteiger partial charge in [0, 0.05) is 5.56 Å². The maximum Gasteiger partial charge on any atom is 0.416 e. The van der Waals surface area contributed by atoms with Gasteiger partial charge in [-0.25, -0.2) is 4.79 Å². The van der Waals surface area contributed by atoms with Crippen LogP contribution in [0.5, 0.6) is 0 Å². The van der Waals surface area contributed by atoms with Gasteiger partial charge in [-0.3, -0.25) is 0 Å². The van der Waals surface area contributed by atoms with Crippen molar-refractivity contribution in [2.75, 3.05) is 21.3 Å². The van der Waals surface area contributed by atoms with Crippen LogP contribution in [0.15, 0.2) is 83.3 Å². The Morgan fingerprint density at radius 1 is 0.837 bits per heavy atom. The molecule has 0 fully saturated rings. The van der Waals surface area contributed by atoms with Crippen molar-refractivity contribution in [3.05, 3.63) is 112 Å². The van der Waals surface area contributed by atoms with Crippen LogP contribution in [0.1, 0.15) is 45.0 Å². The number of benzene rings is 3. The van der Waals surface area contributed by atoms with Gasteiger partial charge < -0.3 is 19.1 Å². The summed E-state index contributed by atoms with van der Waals surface area (Å²) in [6, 6.07) is 17.1. The maximum absolute atomic E-state index is 13.2. The summed E-state index contributed by atoms with van der Waals surface area (Å²) >= 11 is 0. The van der Waals surface area contributed by atoms with Gasteiger partial charge in [-0.15, -0.1) is 0 Å². The number of ether oxygens (including phenoxy) is 2. The van der Waals surface area contributed by atoms with Crippen LogP contribution in [0.25, 0.3) is 5.57 Å². The van der Waals surface area contributed by atoms with Crippen LogP contribution in [0.4, 0.5) is 26.3 Å². The van der Waals surface area contributed by atoms with Crippen LogP contribution in [0.3, 0.4) is 0 Å². The summed E-state index contributed by atoms with van der Waals surface area (Å²) in [5.41, 5.74) is -0.659. The van der Waals surface area contributed by atoms with Gasteiger partial charge in [0.15, 0.2) is 12.1 Å². The molecule has 228 valence electrons. The molecule has 3 aromatic rings. The highest BCUT2D eigenvalue weighted by Gasteiger charge is 2.36. The highest BCUT2D eigenvalue weighted by molar-refractivity contribution is 6.16. The monoisotopic (exact) mass is 608 g/mol. The quantitative estimate of drug-likeness (QED) is 0.0565. The number of methoxy groups -OCH3 is 2. The highest BCUT2D eigenvalue weighted by atomic mass is 19.4. The summed E-state index contributed by atoms with van der Waals surface area (Å²) in [4.78, 5) is 22.7. The first-order valence-electron chi connectivity index (χ1n) is 12.5. The SMILES string of the molecule is CO/C=C(\C(=O)OC)c1ccccc1C(ON=C=NOC)c1ccc(CCc2cc(C(F)(F)F)cc(C(F)(F)F)c2)cc1. The van der Waals surface area contributed by atoms with Gasteiger partial charge in [0.1, 0.15) is 12.7 Å². The molecule has 0 aromatic heterocycles. The molecule has 7 nitrogen and oxygen atoms in total. The number of alkyl halides is 6. The Labute approximate surface area is 243 Å². The third-order valence-corrected chi connectivity index (χ3v) is 6.14. The first-order chi connectivity index (χ1) is 20.4. The van der Waals surface area contributed by atoms with E-state index in [-0.39, 0.29) is 30.0 Å². The lowest BCUT2D eigenvalue weighted by molar-refractivity contribution is -0.143. The van der Waals surface area contributed by atoms with Crippen LogP contribution in [-0.2, 0) is 49.1 Å². The van der Waals surface area contributed by atoms with E-state index in [9.17, 15) is 31.1 Å². The Balaban J connectivity index is 1.95. The van der Waals surface area contributed by atoms with Crippen molar-refractivity contribution >= 4 is 17.6 Å². The molecule has 0 aliphatic carbocycles. The van der Waals surface area contributed by atoms with E-state index in [1.54, 1.807) is 48.5 Å². The Morgan fingerprint density at radius 3 is 2.00 bits per heavy atom. The van der Waals surface area contributed by atoms with Gasteiger partial charge in [-0.1, -0.05) is 48.5 Å². The minimum Gasteiger partial charge on any atom is -0.503 e. The molecule has 0 aliphatic rings. The van der Waals surface area contributed by atoms with E-state index in [0.717, 1.165) is 12.1 Å². The Morgan fingerprint density at radius 2 is 1.44 bits per heavy atom. The summed E-state index contributed by atoms with van der Waals surface area (Å²) in [6.45, 7) is 0. The number of carbonyl (C=O) groups is 1. The molecule has 3 rings (SSSR count). The van der Waals surface area contributed by atoms with Crippen molar-refractivity contribution in [2.24, 2.45) is 10.3 Å². The molecule has 0 radical (unpaired) electrons. The molecule has 0 heterocycles. The summed E-state index contributed by atoms with van der Waals surface area (Å²) < 4.78 is 89.4. The molecule has 0 amide bonds. The number of hydrogen-bond donors (Lipinski definition) is 0. The molecule has 13 heteroatoms. The summed E-state index contributed by atoms with van der Waals surface area (Å²) in [5.74, 6) is -0.670. The molecule has 1 atom stereocenters. The first kappa shape index (κ1) is 32.7. The van der Waals surface area contributed by atoms with Crippen molar-refractivity contribution in [3.63, 3.8) is 0 Å². The third-order valence-electron chi connectivity index (χ3n) is 6.14. The summed E-state index contributed by atoms with van der Waals surface area (Å²) in [6.07, 6.45) is -9.47. The van der Waals surface area contributed by atoms with E-state index in [4.69, 9.17) is 14.3 Å². The average Bonchev–Trinajstić information content (AvgIpc) is 2.98. The Kier molecular flexibility index (Phi) is 11.0. The summed E-state index contributed by atoms with van der Waals surface area (Å²) in [5, 5.41) is 7.07. The highest BCUT2D eigenvalue weighted by Crippen LogP contribution is 2.37. The van der Waals surface area contributed by atoms with Gasteiger partial charge >= 0.3 is 18.3 Å². The van der Waals surface area contributed by atoms with E-state index in [0.29, 0.717) is 22.3 Å². The fourth-order valence-electron chi connectivity index (χ4n) is 4.16. The second-order valence-corrected chi connectivity index (χ2v) is 8.95. The standard InChI is InChI=1S/C30H26F6N2O5/c1-40-17-26(28(39)41-2)24-6-4-5-7-25(24)27(43-38-18-37-42-3)21-12-10-19(11-13-21)8-9-20-14-22(29(31,32)33)16-23(15-20)30(34,35)36/h4-7,10-17,27H,8-9H2,1-3H3/b26-17-. The van der Waals surface area contributed by atoms with Crippen molar-refractivity contribution in [1.82, 2.24) is 0 Å². The minimum absolute atomic E-state index is 0.0722. The van der Waals surface area contributed by atoms with Gasteiger partial charge in [-0.2, -0.15) is 26.3 Å². The van der Waals surface area contributed by atoms with Crippen molar-refractivity contribution in [3.8, 4) is 0 Å². The molecule has 0 aliphatic heterocycles. The topological polar surface area (TPSA) is 78.7 Å². The first-order valence-corrected chi connectivity index (χ1v) is 12.5. The average molecular weight is 609 g/mol. The zero-order valence-corrected chi connectivity index (χ0v) is 23.1. The zero-order valence-electron chi connectivity index (χ0n) is 23.1. The lowest BCUT2D eigenvalue weighted by Gasteiger charge is -2.20. The van der Waals surface area contributed by atoms with E-state index in [1.807, 2.05) is 0 Å². The Hall–Kier alpha value is -4.77. The molecule has 0 spiro atoms. The molecular formula is C30H26F6N2O5. The van der Waals surface area contributed by atoms with E-state index < -0.39 is 35.6 Å². The van der Waals surface area contributed by atoms with E-state index >= 15 is 0 Å². The second kappa shape index (κ2) is 14.4. The van der Waals surface area contributed by atoms with Gasteiger partial charge in [0.25, 0.3) is 0 Å². The van der Waals surface area contributed by atoms with Gasteiger partial charge in [-0.05, 0) is 63.6 Å². The maximum atomic E-state index is 13.2. The fourth-order valence-corrected chi connectivity index (χ4v) is 4.16. The predicted octanol–water partition coefficient (Wildman–Crippen LogP) is 7.43. The molecule has 0 saturated carbocycles.